The molecule has 1 aromatic heterocycles. The number of carbonyl (C=O) groups is 1. The van der Waals surface area contributed by atoms with Gasteiger partial charge >= 0.3 is 5.97 Å². The maximum atomic E-state index is 10.7. The first kappa shape index (κ1) is 11.2. The minimum atomic E-state index is -0.888. The Morgan fingerprint density at radius 2 is 2.50 bits per heavy atom. The summed E-state index contributed by atoms with van der Waals surface area (Å²) in [4.78, 5) is 12.9. The number of aromatic nitrogens is 1. The number of morpholine rings is 1. The lowest BCUT2D eigenvalue weighted by Gasteiger charge is -2.30. The zero-order chi connectivity index (χ0) is 11.5. The van der Waals surface area contributed by atoms with E-state index < -0.39 is 5.97 Å². The molecule has 5 nitrogen and oxygen atoms in total. The summed E-state index contributed by atoms with van der Waals surface area (Å²) in [5.74, 6) is -0.888. The Labute approximate surface area is 94.2 Å². The summed E-state index contributed by atoms with van der Waals surface area (Å²) in [6.45, 7) is 3.30. The van der Waals surface area contributed by atoms with Crippen LogP contribution in [0.4, 0.5) is 0 Å². The Kier molecular flexibility index (Phi) is 3.26. The van der Waals surface area contributed by atoms with Gasteiger partial charge < -0.3 is 19.3 Å². The average Bonchev–Trinajstić information content (AvgIpc) is 2.66. The number of carboxylic acid groups (broad SMARTS) is 1. The van der Waals surface area contributed by atoms with E-state index in [0.717, 1.165) is 19.7 Å². The van der Waals surface area contributed by atoms with E-state index in [1.807, 2.05) is 4.57 Å². The Bertz CT molecular complexity index is 375. The van der Waals surface area contributed by atoms with Gasteiger partial charge in [-0.05, 0) is 13.1 Å². The van der Waals surface area contributed by atoms with Gasteiger partial charge in [-0.2, -0.15) is 0 Å². The second-order valence-electron chi connectivity index (χ2n) is 4.16. The highest BCUT2D eigenvalue weighted by molar-refractivity contribution is 5.87. The summed E-state index contributed by atoms with van der Waals surface area (Å²) >= 11 is 0. The molecule has 0 spiro atoms. The van der Waals surface area contributed by atoms with Gasteiger partial charge in [0.1, 0.15) is 0 Å². The third-order valence-corrected chi connectivity index (χ3v) is 2.75. The molecule has 0 aromatic carbocycles. The Morgan fingerprint density at radius 3 is 3.12 bits per heavy atom. The van der Waals surface area contributed by atoms with Gasteiger partial charge in [0.2, 0.25) is 0 Å². The lowest BCUT2D eigenvalue weighted by atomic mass is 10.3. The largest absolute Gasteiger partial charge is 0.478 e. The minimum Gasteiger partial charge on any atom is -0.478 e. The second kappa shape index (κ2) is 4.67. The highest BCUT2D eigenvalue weighted by atomic mass is 16.5. The molecule has 16 heavy (non-hydrogen) atoms. The van der Waals surface area contributed by atoms with Crippen LogP contribution in [0.2, 0.25) is 0 Å². The van der Waals surface area contributed by atoms with Crippen LogP contribution in [-0.4, -0.2) is 53.4 Å². The molecule has 0 saturated carbocycles. The van der Waals surface area contributed by atoms with Crippen LogP contribution in [0.25, 0.3) is 0 Å². The van der Waals surface area contributed by atoms with Crippen molar-refractivity contribution >= 4 is 5.97 Å². The molecule has 2 rings (SSSR count). The number of nitrogens with zero attached hydrogens (tertiary/aromatic N) is 2. The third kappa shape index (κ3) is 2.62. The summed E-state index contributed by atoms with van der Waals surface area (Å²) in [6, 6.07) is 1.61. The lowest BCUT2D eigenvalue weighted by Crippen LogP contribution is -2.41. The first-order chi connectivity index (χ1) is 7.65. The van der Waals surface area contributed by atoms with Gasteiger partial charge in [-0.25, -0.2) is 4.79 Å². The van der Waals surface area contributed by atoms with Gasteiger partial charge in [-0.15, -0.1) is 0 Å². The molecule has 5 heteroatoms. The highest BCUT2D eigenvalue weighted by Crippen LogP contribution is 2.08. The number of rotatable bonds is 3. The molecular weight excluding hydrogens is 208 g/mol. The number of hydrogen-bond donors (Lipinski definition) is 1. The molecular formula is C11H16N2O3. The topological polar surface area (TPSA) is 54.7 Å². The molecule has 0 aliphatic carbocycles. The lowest BCUT2D eigenvalue weighted by molar-refractivity contribution is -0.0274. The first-order valence-corrected chi connectivity index (χ1v) is 5.34. The van der Waals surface area contributed by atoms with E-state index in [2.05, 4.69) is 11.9 Å². The van der Waals surface area contributed by atoms with E-state index in [0.29, 0.717) is 12.1 Å². The number of aromatic carboxylic acids is 1. The SMILES string of the molecule is CN1CCOC(Cn2ccc(C(=O)O)c2)C1. The van der Waals surface area contributed by atoms with E-state index in [9.17, 15) is 4.79 Å². The summed E-state index contributed by atoms with van der Waals surface area (Å²) in [6.07, 6.45) is 3.56. The molecule has 1 fully saturated rings. The number of hydrogen-bond acceptors (Lipinski definition) is 3. The van der Waals surface area contributed by atoms with E-state index in [1.165, 1.54) is 0 Å². The van der Waals surface area contributed by atoms with Crippen LogP contribution in [0.15, 0.2) is 18.5 Å². The maximum Gasteiger partial charge on any atom is 0.337 e. The van der Waals surface area contributed by atoms with Crippen LogP contribution in [0.1, 0.15) is 10.4 Å². The predicted molar refractivity (Wildman–Crippen MR) is 58.6 cm³/mol. The van der Waals surface area contributed by atoms with E-state index in [1.54, 1.807) is 18.5 Å². The van der Waals surface area contributed by atoms with Crippen molar-refractivity contribution < 1.29 is 14.6 Å². The van der Waals surface area contributed by atoms with Crippen molar-refractivity contribution in [1.29, 1.82) is 0 Å². The predicted octanol–water partition coefficient (Wildman–Crippen LogP) is 0.517. The second-order valence-corrected chi connectivity index (χ2v) is 4.16. The number of carboxylic acids is 1. The molecule has 0 radical (unpaired) electrons. The Hall–Kier alpha value is -1.33. The number of likely N-dealkylation sites (N-methyl/N-ethyl adjacent to an activating group) is 1. The summed E-state index contributed by atoms with van der Waals surface area (Å²) in [5.41, 5.74) is 0.323. The van der Waals surface area contributed by atoms with Crippen molar-refractivity contribution in [2.24, 2.45) is 0 Å². The molecule has 0 bridgehead atoms. The summed E-state index contributed by atoms with van der Waals surface area (Å²) in [7, 11) is 2.06. The van der Waals surface area contributed by atoms with Crippen LogP contribution >= 0.6 is 0 Å². The van der Waals surface area contributed by atoms with E-state index in [-0.39, 0.29) is 6.10 Å². The maximum absolute atomic E-state index is 10.7. The quantitative estimate of drug-likeness (QED) is 0.813. The molecule has 0 amide bonds. The summed E-state index contributed by atoms with van der Waals surface area (Å²) < 4.78 is 7.48. The fourth-order valence-electron chi connectivity index (χ4n) is 1.89. The fourth-order valence-corrected chi connectivity index (χ4v) is 1.89. The normalized spacial score (nSPS) is 22.2. The van der Waals surface area contributed by atoms with Crippen molar-refractivity contribution in [3.8, 4) is 0 Å². The van der Waals surface area contributed by atoms with Gasteiger partial charge in [0.05, 0.1) is 18.3 Å². The highest BCUT2D eigenvalue weighted by Gasteiger charge is 2.18. The van der Waals surface area contributed by atoms with E-state index in [4.69, 9.17) is 9.84 Å². The average molecular weight is 224 g/mol. The van der Waals surface area contributed by atoms with Gasteiger partial charge in [-0.1, -0.05) is 0 Å². The fraction of sp³-hybridized carbons (Fsp3) is 0.545. The zero-order valence-corrected chi connectivity index (χ0v) is 9.30. The molecule has 88 valence electrons. The molecule has 1 unspecified atom stereocenters. The standard InChI is InChI=1S/C11H16N2O3/c1-12-4-5-16-10(7-12)8-13-3-2-9(6-13)11(14)15/h2-3,6,10H,4-5,7-8H2,1H3,(H,14,15). The smallest absolute Gasteiger partial charge is 0.337 e. The van der Waals surface area contributed by atoms with Crippen LogP contribution in [0.3, 0.4) is 0 Å². The molecule has 1 atom stereocenters. The molecule has 1 aromatic rings. The third-order valence-electron chi connectivity index (χ3n) is 2.75. The van der Waals surface area contributed by atoms with Crippen LogP contribution in [0, 0.1) is 0 Å². The van der Waals surface area contributed by atoms with Crippen LogP contribution in [0.5, 0.6) is 0 Å². The van der Waals surface area contributed by atoms with Crippen molar-refractivity contribution in [3.05, 3.63) is 24.0 Å². The molecule has 2 heterocycles. The Balaban J connectivity index is 1.95. The van der Waals surface area contributed by atoms with Gasteiger partial charge in [0.25, 0.3) is 0 Å². The van der Waals surface area contributed by atoms with Crippen molar-refractivity contribution in [2.75, 3.05) is 26.7 Å². The summed E-state index contributed by atoms with van der Waals surface area (Å²) in [5, 5.41) is 8.79. The van der Waals surface area contributed by atoms with Crippen molar-refractivity contribution in [1.82, 2.24) is 9.47 Å². The van der Waals surface area contributed by atoms with E-state index >= 15 is 0 Å². The Morgan fingerprint density at radius 1 is 1.69 bits per heavy atom. The molecule has 1 aliphatic heterocycles. The molecule has 1 N–H and O–H groups in total. The zero-order valence-electron chi connectivity index (χ0n) is 9.30. The van der Waals surface area contributed by atoms with Gasteiger partial charge in [-0.3, -0.25) is 0 Å². The van der Waals surface area contributed by atoms with Crippen LogP contribution in [-0.2, 0) is 11.3 Å². The number of ether oxygens (including phenoxy) is 1. The first-order valence-electron chi connectivity index (χ1n) is 5.34. The van der Waals surface area contributed by atoms with Crippen molar-refractivity contribution in [2.45, 2.75) is 12.6 Å². The van der Waals surface area contributed by atoms with Gasteiger partial charge in [0, 0.05) is 32.0 Å². The molecule has 1 aliphatic rings. The van der Waals surface area contributed by atoms with Crippen molar-refractivity contribution in [3.63, 3.8) is 0 Å². The van der Waals surface area contributed by atoms with Crippen LogP contribution < -0.4 is 0 Å². The minimum absolute atomic E-state index is 0.146. The monoisotopic (exact) mass is 224 g/mol. The van der Waals surface area contributed by atoms with Gasteiger partial charge in [0.15, 0.2) is 0 Å². The molecule has 1 saturated heterocycles.